The van der Waals surface area contributed by atoms with Crippen molar-refractivity contribution in [2.75, 3.05) is 32.3 Å². The number of fused-ring (bicyclic) bond motifs is 16. The number of aromatic nitrogens is 4. The number of carboxylic acids is 3. The molecule has 6 aromatic rings. The molecule has 11 heterocycles. The van der Waals surface area contributed by atoms with Crippen LogP contribution in [-0.2, 0) is 88.3 Å². The first-order valence-corrected chi connectivity index (χ1v) is 45.9. The van der Waals surface area contributed by atoms with Crippen molar-refractivity contribution in [2.45, 2.75) is 177 Å². The zero-order chi connectivity index (χ0) is 99.9. The van der Waals surface area contributed by atoms with Crippen LogP contribution in [0.25, 0.3) is 11.1 Å². The second-order valence-electron chi connectivity index (χ2n) is 33.0. The van der Waals surface area contributed by atoms with Gasteiger partial charge in [0, 0.05) is 60.4 Å². The van der Waals surface area contributed by atoms with Gasteiger partial charge in [0.05, 0.1) is 45.6 Å². The molecule has 0 aliphatic carbocycles. The second-order valence-corrected chi connectivity index (χ2v) is 38.6. The molecule has 10 aliphatic heterocycles. The van der Waals surface area contributed by atoms with Crippen LogP contribution in [-0.4, -0.2) is 290 Å². The predicted molar refractivity (Wildman–Crippen MR) is 477 cm³/mol. The number of hydrogen-bond donors (Lipinski definition) is 23. The Balaban J connectivity index is 0.000000366. The average Bonchev–Trinajstić information content (AvgIpc) is 0.977. The van der Waals surface area contributed by atoms with E-state index in [9.17, 15) is 104 Å². The van der Waals surface area contributed by atoms with Crippen LogP contribution in [0.1, 0.15) is 105 Å². The molecule has 11 bridgehead atoms. The fraction of sp³-hybridized carbons (Fsp3) is 0.422. The Morgan fingerprint density at radius 3 is 1.95 bits per heavy atom. The molecule has 0 spiro atoms. The number of benzene rings is 5. The Morgan fingerprint density at radius 2 is 1.38 bits per heavy atom. The summed E-state index contributed by atoms with van der Waals surface area (Å²) in [7, 11) is 4.33. The number of likely N-dealkylation sites (N-methyl/N-ethyl adjacent to an activating group) is 1. The number of β-lactam (4-membered cyclic amide) rings is 1. The maximum absolute atomic E-state index is 16.0. The molecule has 10 amide bonds. The summed E-state index contributed by atoms with van der Waals surface area (Å²) in [6.07, 6.45) is -18.6. The smallest absolute Gasteiger partial charge is 0.352 e. The van der Waals surface area contributed by atoms with Crippen LogP contribution in [0.15, 0.2) is 105 Å². The number of carboxylic acid groups (broad SMARTS) is 3. The van der Waals surface area contributed by atoms with Gasteiger partial charge in [-0.25, -0.2) is 19.1 Å². The molecule has 1 aromatic heterocycles. The Hall–Kier alpha value is -11.9. The van der Waals surface area contributed by atoms with Crippen molar-refractivity contribution < 1.29 is 157 Å². The number of aromatic hydroxyl groups is 3. The summed E-state index contributed by atoms with van der Waals surface area (Å²) >= 11 is 18.2. The largest absolute Gasteiger partial charge is 0.508 e. The predicted octanol–water partition coefficient (Wildman–Crippen LogP) is -1.29. The lowest BCUT2D eigenvalue weighted by Crippen LogP contribution is -2.81. The molecule has 1 unspecified atom stereocenters. The molecule has 54 heteroatoms. The maximum Gasteiger partial charge on any atom is 0.352 e. The van der Waals surface area contributed by atoms with Gasteiger partial charge in [0.2, 0.25) is 64.5 Å². The van der Waals surface area contributed by atoms with Crippen molar-refractivity contribution in [3.05, 3.63) is 138 Å². The summed E-state index contributed by atoms with van der Waals surface area (Å²) in [5.74, 6) is -20.9. The van der Waals surface area contributed by atoms with E-state index in [0.29, 0.717) is 10.7 Å². The van der Waals surface area contributed by atoms with Gasteiger partial charge in [-0.05, 0) is 126 Å². The Morgan fingerprint density at radius 1 is 0.752 bits per heavy atom. The Kier molecular flexibility index (Phi) is 31.2. The fourth-order valence-electron chi connectivity index (χ4n) is 16.0. The highest BCUT2D eigenvalue weighted by Crippen LogP contribution is 2.55. The van der Waals surface area contributed by atoms with Gasteiger partial charge < -0.3 is 154 Å². The highest BCUT2D eigenvalue weighted by molar-refractivity contribution is 8.39. The molecule has 0 radical (unpaired) electrons. The number of nitrogens with one attached hydrogen (secondary N) is 8. The second kappa shape index (κ2) is 41.8. The number of aliphatic hydroxyl groups is 6. The summed E-state index contributed by atoms with van der Waals surface area (Å²) in [6, 6.07) is -0.679. The van der Waals surface area contributed by atoms with E-state index in [4.69, 9.17) is 78.7 Å². The van der Waals surface area contributed by atoms with Gasteiger partial charge in [-0.2, -0.15) is 0 Å². The van der Waals surface area contributed by atoms with Crippen LogP contribution >= 0.6 is 70.2 Å². The topological polar surface area (TPSA) is 750 Å². The number of amides is 10. The van der Waals surface area contributed by atoms with Crippen molar-refractivity contribution in [1.82, 2.24) is 67.6 Å². The number of aliphatic carboxylic acids is 3. The summed E-state index contributed by atoms with van der Waals surface area (Å²) < 4.78 is 44.3. The van der Waals surface area contributed by atoms with E-state index >= 15 is 14.4 Å². The Labute approximate surface area is 801 Å². The number of nitrogens with two attached hydrogens (primary N) is 3. The number of methoxy groups -OCH3 is 1. The first-order chi connectivity index (χ1) is 64.7. The molecule has 16 rings (SSSR count). The molecule has 20 atom stereocenters. The molecule has 26 N–H and O–H groups in total. The highest BCUT2D eigenvalue weighted by Gasteiger charge is 2.67. The van der Waals surface area contributed by atoms with E-state index in [1.54, 1.807) is 7.05 Å². The minimum atomic E-state index is -2.35. The van der Waals surface area contributed by atoms with Gasteiger partial charge in [0.25, 0.3) is 17.5 Å². The minimum Gasteiger partial charge on any atom is -0.508 e. The van der Waals surface area contributed by atoms with E-state index in [-0.39, 0.29) is 67.7 Å². The summed E-state index contributed by atoms with van der Waals surface area (Å²) in [5, 5.41) is 163. The third-order valence-electron chi connectivity index (χ3n) is 23.0. The van der Waals surface area contributed by atoms with Gasteiger partial charge in [-0.3, -0.25) is 52.8 Å². The van der Waals surface area contributed by atoms with Crippen LogP contribution in [0.3, 0.4) is 0 Å². The third kappa shape index (κ3) is 21.4. The monoisotopic (exact) mass is 2020 g/mol. The Bertz CT molecular complexity index is 5900. The first-order valence-electron chi connectivity index (χ1n) is 41.4. The molecular formula is C83H92Cl2N16O32S4. The summed E-state index contributed by atoms with van der Waals surface area (Å²) in [6.45, 7) is 5.66. The number of aryl methyl sites for hydroxylation is 1. The molecule has 4 saturated heterocycles. The number of nitrogens with zero attached hydrogens (tertiary/aromatic N) is 5. The van der Waals surface area contributed by atoms with E-state index in [2.05, 4.69) is 58.1 Å². The van der Waals surface area contributed by atoms with Crippen molar-refractivity contribution in [2.24, 2.45) is 30.2 Å². The van der Waals surface area contributed by atoms with Gasteiger partial charge in [-0.1, -0.05) is 90.5 Å². The number of tetrazole rings is 1. The molecule has 5 aromatic carbocycles. The molecule has 4 fully saturated rings. The number of ether oxygens (including phenoxy) is 7. The standard InChI is InChI=1S/C66H75Cl2N9O24.C17H17N7O8S4/c1-23(2)12-34(71-5)58(88)76-49-51(83)26-7-10-38(32(67)14-26)97-40-16-28-17-41(55(40)101-65-56(54(86)53(85)42(22-78)99-65)100-44-21-66(4,70)57(87)24(3)96-44)98-39-11-8-27(15-33(39)68)52(84)50-63(93)75-48(64(94)95)31-18-29(79)19-37(81)45(31)30-13-25(6-9-36(30)80)46(60(90)77-50)74-61(91)47(28)73-59(89)35(20-43(69)82)72-62(49)92;1-23-16(20-21-22-23)34-4-5-3-33-15-17(32-2,14(31)24(15)7(5)11(29)30)19-9(26)13-35-12(36-13)6(8(18)25)10(27)28/h6-11,13-19,23-24,34-35,42,44,46-54,56-57,65,71,78-81,83-87H,12,20-22,70H2,1-5H3,(H2,69,82)(H,72,92)(H,73,89)(H,74,91)(H,75,93)(H,76,88)(H,77,90)(H,94,95);13,15H,3-4H2,1-2H3,(H2,18,25)(H,19,26)(H,27,28)(H,29,30)/t24-,34+,35-,42+,44-,46+,47+,48+,49+,50-,51+,52+,53+,54-,56+,57?,65-,66-;13?,15-,17+/m01/s1. The van der Waals surface area contributed by atoms with E-state index in [1.165, 1.54) is 68.3 Å². The lowest BCUT2D eigenvalue weighted by molar-refractivity contribution is -0.333. The summed E-state index contributed by atoms with van der Waals surface area (Å²) in [4.78, 5) is 179. The van der Waals surface area contributed by atoms with Crippen molar-refractivity contribution in [3.63, 3.8) is 0 Å². The number of thioether (sulfide) groups is 4. The highest BCUT2D eigenvalue weighted by atomic mass is 35.5. The van der Waals surface area contributed by atoms with Crippen LogP contribution in [0.2, 0.25) is 10.0 Å². The minimum absolute atomic E-state index is 0.0755. The molecule has 734 valence electrons. The van der Waals surface area contributed by atoms with E-state index in [0.717, 1.165) is 95.2 Å². The van der Waals surface area contributed by atoms with Gasteiger partial charge in [0.15, 0.2) is 29.9 Å². The number of hydrogen-bond acceptors (Lipinski definition) is 38. The van der Waals surface area contributed by atoms with E-state index in [1.807, 2.05) is 13.8 Å². The molecule has 10 aliphatic rings. The van der Waals surface area contributed by atoms with Crippen molar-refractivity contribution in [1.29, 1.82) is 0 Å². The van der Waals surface area contributed by atoms with Crippen LogP contribution < -0.4 is 73.9 Å². The quantitative estimate of drug-likeness (QED) is 0.00939. The van der Waals surface area contributed by atoms with Gasteiger partial charge >= 0.3 is 17.9 Å². The van der Waals surface area contributed by atoms with Crippen molar-refractivity contribution in [3.8, 4) is 57.1 Å². The fourth-order valence-corrected chi connectivity index (χ4v) is 21.1. The molecule has 137 heavy (non-hydrogen) atoms. The average molecular weight is 2020 g/mol. The van der Waals surface area contributed by atoms with Crippen LogP contribution in [0, 0.1) is 5.92 Å². The number of carbonyl (C=O) groups is 13. The van der Waals surface area contributed by atoms with Gasteiger partial charge in [0.1, 0.15) is 111 Å². The molecule has 48 nitrogen and oxygen atoms in total. The number of carbonyl (C=O) groups excluding carboxylic acids is 10. The van der Waals surface area contributed by atoms with Gasteiger partial charge in [-0.15, -0.1) is 16.9 Å². The number of primary amides is 2. The number of rotatable bonds is 22. The summed E-state index contributed by atoms with van der Waals surface area (Å²) in [5.41, 5.74) is 10.9. The molecule has 0 saturated carbocycles. The van der Waals surface area contributed by atoms with E-state index < -0.39 is 288 Å². The number of halogens is 2. The normalized spacial score (nSPS) is 28.3. The SMILES string of the molecule is CN[C@H](CC(C)C)C(=O)N[C@H]1C(=O)N[C@@H](CC(N)=O)C(=O)N[C@H]2C(=O)N[C@H]3C(=O)N[C@H](C(=O)N[C@@H](C(=O)O)c4cc(O)cc(O)c4-c4cc3ccc4O)[C@H](O)c3ccc(c(Cl)c3)Oc3cc2cc(c3O[C@@H]2O[C@H](CO)[C@@H](O)[C@H](O)[C@H]2O[C@H]2C[C@](C)(N)C(O)[C@H](C)O2)Oc2ccc(cc2Cl)[C@H]1O.CO[C@@]1(NC(=O)C2SC(=C(C(N)=O)C(=O)O)S2)C(=O)N2C(C(=O)O)=C(CSc3nnnn3C)CS[C@@H]21. The zero-order valence-corrected chi connectivity index (χ0v) is 77.5. The zero-order valence-electron chi connectivity index (χ0n) is 72.7. The van der Waals surface area contributed by atoms with Crippen LogP contribution in [0.5, 0.6) is 46.0 Å². The number of phenolic OH excluding ortho intramolecular Hbond substituents is 3. The maximum atomic E-state index is 16.0. The van der Waals surface area contributed by atoms with Crippen molar-refractivity contribution >= 4 is 147 Å². The number of aliphatic hydroxyl groups excluding tert-OH is 6. The number of phenols is 3. The lowest BCUT2D eigenvalue weighted by Gasteiger charge is -2.56. The van der Waals surface area contributed by atoms with Crippen LogP contribution in [0.4, 0.5) is 0 Å². The lowest BCUT2D eigenvalue weighted by atomic mass is 9.86. The molecular weight excluding hydrogens is 1930 g/mol. The third-order valence-corrected chi connectivity index (χ3v) is 28.9. The first kappa shape index (κ1) is 102.